The molecule has 0 atom stereocenters. The van der Waals surface area contributed by atoms with E-state index in [-0.39, 0.29) is 10.8 Å². The Hall–Kier alpha value is -2.05. The van der Waals surface area contributed by atoms with Crippen molar-refractivity contribution in [2.24, 2.45) is 4.52 Å². The van der Waals surface area contributed by atoms with Gasteiger partial charge in [-0.25, -0.2) is 8.42 Å². The minimum absolute atomic E-state index is 0.0581. The number of fused-ring (bicyclic) bond motifs is 1. The summed E-state index contributed by atoms with van der Waals surface area (Å²) >= 11 is 0. The van der Waals surface area contributed by atoms with Crippen molar-refractivity contribution in [1.29, 1.82) is 0 Å². The van der Waals surface area contributed by atoms with Crippen LogP contribution in [0.3, 0.4) is 0 Å². The van der Waals surface area contributed by atoms with Gasteiger partial charge in [-0.2, -0.15) is 0 Å². The molecule has 0 saturated heterocycles. The second-order valence-electron chi connectivity index (χ2n) is 4.31. The zero-order valence-corrected chi connectivity index (χ0v) is 11.3. The fourth-order valence-electron chi connectivity index (χ4n) is 2.24. The first-order valence-electron chi connectivity index (χ1n) is 5.60. The molecule has 0 unspecified atom stereocenters. The first-order chi connectivity index (χ1) is 8.86. The van der Waals surface area contributed by atoms with Gasteiger partial charge in [0.15, 0.2) is 0 Å². The number of aryl methyl sites for hydroxylation is 1. The van der Waals surface area contributed by atoms with Crippen molar-refractivity contribution in [3.05, 3.63) is 33.7 Å². The molecule has 0 aromatic heterocycles. The van der Waals surface area contributed by atoms with Crippen LogP contribution in [-0.4, -0.2) is 20.9 Å². The maximum Gasteiger partial charge on any atom is 0.264 e. The van der Waals surface area contributed by atoms with Crippen LogP contribution in [-0.2, 0) is 21.2 Å². The highest BCUT2D eigenvalue weighted by atomic mass is 32.2. The van der Waals surface area contributed by atoms with E-state index in [0.29, 0.717) is 24.2 Å². The van der Waals surface area contributed by atoms with Crippen LogP contribution in [0, 0.1) is 6.92 Å². The molecule has 7 nitrogen and oxygen atoms in total. The average Bonchev–Trinajstić information content (AvgIpc) is 2.70. The normalized spacial score (nSPS) is 13.9. The molecule has 0 saturated carbocycles. The summed E-state index contributed by atoms with van der Waals surface area (Å²) in [6.45, 7) is 3.60. The molecular formula is C11H12N4O3S. The van der Waals surface area contributed by atoms with Crippen molar-refractivity contribution in [2.75, 3.05) is 11.4 Å². The summed E-state index contributed by atoms with van der Waals surface area (Å²) in [5.74, 6) is -0.144. The van der Waals surface area contributed by atoms with Crippen molar-refractivity contribution in [1.82, 2.24) is 0 Å². The van der Waals surface area contributed by atoms with Crippen LogP contribution in [0.25, 0.3) is 10.4 Å². The van der Waals surface area contributed by atoms with Gasteiger partial charge < -0.3 is 4.90 Å². The van der Waals surface area contributed by atoms with Crippen LogP contribution in [0.5, 0.6) is 0 Å². The number of carbonyl (C=O) groups excluding carboxylic acids is 1. The number of nitrogens with zero attached hydrogens (tertiary/aromatic N) is 4. The van der Waals surface area contributed by atoms with Gasteiger partial charge in [0.05, 0.1) is 4.90 Å². The number of rotatable bonds is 2. The summed E-state index contributed by atoms with van der Waals surface area (Å²) < 4.78 is 26.4. The van der Waals surface area contributed by atoms with Crippen molar-refractivity contribution in [2.45, 2.75) is 25.2 Å². The van der Waals surface area contributed by atoms with Crippen molar-refractivity contribution in [3.8, 4) is 0 Å². The third kappa shape index (κ3) is 2.27. The summed E-state index contributed by atoms with van der Waals surface area (Å²) in [5.41, 5.74) is 10.3. The summed E-state index contributed by atoms with van der Waals surface area (Å²) in [5, 5.41) is 0. The molecule has 0 N–H and O–H groups in total. The molecule has 1 amide bonds. The maximum atomic E-state index is 11.8. The summed E-state index contributed by atoms with van der Waals surface area (Å²) in [6, 6.07) is 3.13. The van der Waals surface area contributed by atoms with Gasteiger partial charge in [0.2, 0.25) is 5.91 Å². The summed E-state index contributed by atoms with van der Waals surface area (Å²) in [4.78, 5) is 15.3. The van der Waals surface area contributed by atoms with E-state index in [0.717, 1.165) is 5.56 Å². The van der Waals surface area contributed by atoms with Crippen molar-refractivity contribution >= 4 is 21.6 Å². The number of sulfonamides is 1. The lowest BCUT2D eigenvalue weighted by atomic mass is 10.1. The molecule has 1 aliphatic heterocycles. The number of carbonyl (C=O) groups is 1. The number of amides is 1. The SMILES string of the molecule is CC(=O)N1CCc2cc(C)c(S(=O)(=O)N=[N+]=[N-])cc21. The smallest absolute Gasteiger partial charge is 0.264 e. The van der Waals surface area contributed by atoms with E-state index in [1.807, 2.05) is 0 Å². The van der Waals surface area contributed by atoms with Gasteiger partial charge in [0.25, 0.3) is 10.0 Å². The molecule has 1 heterocycles. The van der Waals surface area contributed by atoms with E-state index >= 15 is 0 Å². The minimum atomic E-state index is -4.04. The van der Waals surface area contributed by atoms with Crippen LogP contribution >= 0.6 is 0 Å². The molecule has 1 aromatic rings. The Morgan fingerprint density at radius 2 is 2.16 bits per heavy atom. The van der Waals surface area contributed by atoms with E-state index in [1.54, 1.807) is 13.0 Å². The Morgan fingerprint density at radius 1 is 1.47 bits per heavy atom. The van der Waals surface area contributed by atoms with E-state index < -0.39 is 10.0 Å². The number of azide groups is 1. The Balaban J connectivity index is 2.64. The highest BCUT2D eigenvalue weighted by Gasteiger charge is 2.26. The second kappa shape index (κ2) is 4.56. The van der Waals surface area contributed by atoms with Crippen LogP contribution in [0.15, 0.2) is 21.5 Å². The molecule has 8 heteroatoms. The lowest BCUT2D eigenvalue weighted by Crippen LogP contribution is -2.25. The Bertz CT molecular complexity index is 705. The maximum absolute atomic E-state index is 11.8. The second-order valence-corrected chi connectivity index (χ2v) is 5.87. The highest BCUT2D eigenvalue weighted by molar-refractivity contribution is 7.90. The topological polar surface area (TPSA) is 103 Å². The van der Waals surface area contributed by atoms with E-state index in [2.05, 4.69) is 9.43 Å². The minimum Gasteiger partial charge on any atom is -0.312 e. The number of hydrogen-bond donors (Lipinski definition) is 0. The zero-order valence-electron chi connectivity index (χ0n) is 10.5. The third-order valence-electron chi connectivity index (χ3n) is 3.07. The number of anilines is 1. The van der Waals surface area contributed by atoms with Gasteiger partial charge in [0, 0.05) is 28.6 Å². The van der Waals surface area contributed by atoms with Gasteiger partial charge in [-0.3, -0.25) is 4.79 Å². The van der Waals surface area contributed by atoms with Gasteiger partial charge in [-0.15, -0.1) is 0 Å². The molecule has 19 heavy (non-hydrogen) atoms. The van der Waals surface area contributed by atoms with E-state index in [1.165, 1.54) is 17.9 Å². The molecule has 1 aromatic carbocycles. The fourth-order valence-corrected chi connectivity index (χ4v) is 3.15. The largest absolute Gasteiger partial charge is 0.312 e. The molecular weight excluding hydrogens is 268 g/mol. The van der Waals surface area contributed by atoms with Gasteiger partial charge in [-0.1, -0.05) is 6.07 Å². The Kier molecular flexibility index (Phi) is 3.21. The molecule has 0 fully saturated rings. The predicted molar refractivity (Wildman–Crippen MR) is 69.2 cm³/mol. The average molecular weight is 280 g/mol. The fraction of sp³-hybridized carbons (Fsp3) is 0.364. The van der Waals surface area contributed by atoms with Crippen LogP contribution in [0.1, 0.15) is 18.1 Å². The molecule has 0 spiro atoms. The van der Waals surface area contributed by atoms with Gasteiger partial charge in [0.1, 0.15) is 0 Å². The molecule has 0 aliphatic carbocycles. The van der Waals surface area contributed by atoms with Crippen molar-refractivity contribution in [3.63, 3.8) is 0 Å². The number of hydrogen-bond acceptors (Lipinski definition) is 3. The molecule has 1 aliphatic rings. The lowest BCUT2D eigenvalue weighted by molar-refractivity contribution is -0.116. The van der Waals surface area contributed by atoms with Crippen molar-refractivity contribution < 1.29 is 13.2 Å². The monoisotopic (exact) mass is 280 g/mol. The summed E-state index contributed by atoms with van der Waals surface area (Å²) in [6.07, 6.45) is 0.692. The Labute approximate surface area is 110 Å². The van der Waals surface area contributed by atoms with E-state index in [4.69, 9.17) is 5.53 Å². The van der Waals surface area contributed by atoms with Crippen LogP contribution < -0.4 is 4.90 Å². The lowest BCUT2D eigenvalue weighted by Gasteiger charge is -2.16. The first kappa shape index (κ1) is 13.4. The van der Waals surface area contributed by atoms with Crippen LogP contribution in [0.2, 0.25) is 0 Å². The molecule has 100 valence electrons. The number of benzene rings is 1. The quantitative estimate of drug-likeness (QED) is 0.469. The van der Waals surface area contributed by atoms with Gasteiger partial charge in [-0.05, 0) is 36.1 Å². The standard InChI is InChI=1S/C11H12N4O3S/c1-7-5-9-3-4-15(8(2)16)10(9)6-11(7)19(17,18)14-13-12/h5-6H,3-4H2,1-2H3. The first-order valence-corrected chi connectivity index (χ1v) is 7.04. The predicted octanol–water partition coefficient (Wildman–Crippen LogP) is 1.90. The van der Waals surface area contributed by atoms with Crippen LogP contribution in [0.4, 0.5) is 5.69 Å². The van der Waals surface area contributed by atoms with Gasteiger partial charge >= 0.3 is 0 Å². The molecule has 0 bridgehead atoms. The molecule has 0 radical (unpaired) electrons. The summed E-state index contributed by atoms with van der Waals surface area (Å²) in [7, 11) is -4.04. The third-order valence-corrected chi connectivity index (χ3v) is 4.36. The van der Waals surface area contributed by atoms with E-state index in [9.17, 15) is 13.2 Å². The molecule has 2 rings (SSSR count). The zero-order chi connectivity index (χ0) is 14.2. The Morgan fingerprint density at radius 3 is 2.74 bits per heavy atom. The highest BCUT2D eigenvalue weighted by Crippen LogP contribution is 2.33.